The van der Waals surface area contributed by atoms with Crippen LogP contribution in [0, 0.1) is 0 Å². The summed E-state index contributed by atoms with van der Waals surface area (Å²) in [5.74, 6) is 0. The Bertz CT molecular complexity index is 282. The predicted octanol–water partition coefficient (Wildman–Crippen LogP) is 6.12. The Hall–Kier alpha value is -0.0900. The Morgan fingerprint density at radius 1 is 0.556 bits per heavy atom. The summed E-state index contributed by atoms with van der Waals surface area (Å²) in [6, 6.07) is 0. The molecule has 0 saturated carbocycles. The lowest BCUT2D eigenvalue weighted by molar-refractivity contribution is 0.159. The van der Waals surface area contributed by atoms with Crippen LogP contribution in [-0.4, -0.2) is 48.0 Å². The van der Waals surface area contributed by atoms with Gasteiger partial charge in [-0.2, -0.15) is 0 Å². The van der Waals surface area contributed by atoms with Gasteiger partial charge in [0, 0.05) is 13.1 Å². The normalized spacial score (nSPS) is 11.4. The summed E-state index contributed by atoms with van der Waals surface area (Å²) in [5.41, 5.74) is 0. The molecule has 0 fully saturated rings. The Kier molecular flexibility index (Phi) is 27.9. The maximum atomic E-state index is 8.98. The van der Waals surface area contributed by atoms with Crippen LogP contribution in [-0.2, 0) is 0 Å². The number of aliphatic hydroxyl groups is 2. The second-order valence-corrected chi connectivity index (χ2v) is 7.58. The van der Waals surface area contributed by atoms with Crippen LogP contribution in [0.5, 0.6) is 0 Å². The Morgan fingerprint density at radius 3 is 1.41 bits per heavy atom. The van der Waals surface area contributed by atoms with Gasteiger partial charge in [0.2, 0.25) is 0 Å². The van der Waals surface area contributed by atoms with E-state index in [1.807, 2.05) is 0 Å². The highest BCUT2D eigenvalue weighted by Crippen LogP contribution is 2.10. The zero-order valence-electron chi connectivity index (χ0n) is 18.0. The Labute approximate surface area is 176 Å². The Morgan fingerprint density at radius 2 is 0.963 bits per heavy atom. The molecule has 0 bridgehead atoms. The molecule has 0 aliphatic carbocycles. The molecule has 0 rings (SSSR count). The van der Waals surface area contributed by atoms with Crippen molar-refractivity contribution in [2.45, 2.75) is 103 Å². The minimum Gasteiger partial charge on any atom is -0.395 e. The molecule has 3 nitrogen and oxygen atoms in total. The topological polar surface area (TPSA) is 43.7 Å². The summed E-state index contributed by atoms with van der Waals surface area (Å²) in [4.78, 5) is 2.15. The molecule has 0 heterocycles. The first-order chi connectivity index (χ1) is 12.8. The maximum Gasteiger partial charge on any atom is 0.0558 e. The summed E-state index contributed by atoms with van der Waals surface area (Å²) in [6.07, 6.45) is 24.9. The second kappa shape index (κ2) is 25.9. The van der Waals surface area contributed by atoms with E-state index in [0.717, 1.165) is 6.54 Å². The van der Waals surface area contributed by atoms with E-state index in [2.05, 4.69) is 24.0 Å². The quantitative estimate of drug-likeness (QED) is 0.178. The third-order valence-corrected chi connectivity index (χ3v) is 5.07. The molecular weight excluding hydrogens is 358 g/mol. The minimum atomic E-state index is 0. The van der Waals surface area contributed by atoms with E-state index in [1.54, 1.807) is 0 Å². The van der Waals surface area contributed by atoms with E-state index in [1.165, 1.54) is 96.3 Å². The molecule has 164 valence electrons. The number of hydrogen-bond acceptors (Lipinski definition) is 3. The van der Waals surface area contributed by atoms with Crippen LogP contribution >= 0.6 is 12.4 Å². The van der Waals surface area contributed by atoms with Crippen molar-refractivity contribution < 1.29 is 10.2 Å². The highest BCUT2D eigenvalue weighted by atomic mass is 35.5. The van der Waals surface area contributed by atoms with Crippen LogP contribution in [0.25, 0.3) is 0 Å². The number of rotatable bonds is 21. The first kappa shape index (κ1) is 29.1. The van der Waals surface area contributed by atoms with Crippen molar-refractivity contribution in [1.82, 2.24) is 4.90 Å². The van der Waals surface area contributed by atoms with E-state index in [4.69, 9.17) is 10.2 Å². The summed E-state index contributed by atoms with van der Waals surface area (Å²) in [7, 11) is 0. The fourth-order valence-corrected chi connectivity index (χ4v) is 3.38. The Balaban J connectivity index is 0. The lowest BCUT2D eigenvalue weighted by atomic mass is 10.1. The molecule has 0 saturated heterocycles. The van der Waals surface area contributed by atoms with Crippen molar-refractivity contribution in [2.75, 3.05) is 32.8 Å². The van der Waals surface area contributed by atoms with Gasteiger partial charge in [-0.15, -0.1) is 12.4 Å². The van der Waals surface area contributed by atoms with Crippen LogP contribution in [0.4, 0.5) is 0 Å². The largest absolute Gasteiger partial charge is 0.395 e. The fraction of sp³-hybridized carbons (Fsp3) is 0.913. The van der Waals surface area contributed by atoms with Crippen molar-refractivity contribution in [3.8, 4) is 0 Å². The van der Waals surface area contributed by atoms with Crippen LogP contribution in [0.15, 0.2) is 12.2 Å². The van der Waals surface area contributed by atoms with Gasteiger partial charge in [0.25, 0.3) is 0 Å². The summed E-state index contributed by atoms with van der Waals surface area (Å²) in [5, 5.41) is 18.0. The molecule has 0 aromatic rings. The molecule has 0 unspecified atom stereocenters. The number of unbranched alkanes of at least 4 members (excludes halogenated alkanes) is 13. The van der Waals surface area contributed by atoms with Crippen LogP contribution in [0.3, 0.4) is 0 Å². The summed E-state index contributed by atoms with van der Waals surface area (Å²) < 4.78 is 0. The lowest BCUT2D eigenvalue weighted by Crippen LogP contribution is -2.30. The molecule has 27 heavy (non-hydrogen) atoms. The summed E-state index contributed by atoms with van der Waals surface area (Å²) >= 11 is 0. The van der Waals surface area contributed by atoms with E-state index < -0.39 is 0 Å². The number of nitrogens with zero attached hydrogens (tertiary/aromatic N) is 1. The first-order valence-corrected chi connectivity index (χ1v) is 11.4. The second-order valence-electron chi connectivity index (χ2n) is 7.58. The van der Waals surface area contributed by atoms with Crippen molar-refractivity contribution in [3.63, 3.8) is 0 Å². The number of halogens is 1. The molecule has 4 heteroatoms. The molecule has 0 aliphatic heterocycles. The van der Waals surface area contributed by atoms with Gasteiger partial charge in [-0.1, -0.05) is 83.3 Å². The van der Waals surface area contributed by atoms with Gasteiger partial charge in [0.05, 0.1) is 13.2 Å². The standard InChI is InChI=1S/C23H47NO2.ClH/c1-2-3-4-5-6-7-8-9-10-11-12-13-14-15-16-17-18-19-24(20-22-25)21-23-26;/h10-11,25-26H,2-9,12-23H2,1H3;1H. The van der Waals surface area contributed by atoms with Crippen LogP contribution in [0.1, 0.15) is 103 Å². The smallest absolute Gasteiger partial charge is 0.0558 e. The average Bonchev–Trinajstić information content (AvgIpc) is 2.64. The van der Waals surface area contributed by atoms with Gasteiger partial charge in [-0.3, -0.25) is 4.90 Å². The van der Waals surface area contributed by atoms with E-state index >= 15 is 0 Å². The molecule has 0 amide bonds. The van der Waals surface area contributed by atoms with Crippen molar-refractivity contribution in [2.24, 2.45) is 0 Å². The highest BCUT2D eigenvalue weighted by molar-refractivity contribution is 5.85. The zero-order valence-corrected chi connectivity index (χ0v) is 18.9. The van der Waals surface area contributed by atoms with Crippen LogP contribution in [0.2, 0.25) is 0 Å². The molecule has 0 aromatic heterocycles. The molecule has 0 atom stereocenters. The summed E-state index contributed by atoms with van der Waals surface area (Å²) in [6.45, 7) is 5.03. The highest BCUT2D eigenvalue weighted by Gasteiger charge is 2.02. The molecule has 0 aromatic carbocycles. The van der Waals surface area contributed by atoms with Gasteiger partial charge >= 0.3 is 0 Å². The van der Waals surface area contributed by atoms with Gasteiger partial charge in [0.1, 0.15) is 0 Å². The molecule has 0 aliphatic rings. The van der Waals surface area contributed by atoms with Gasteiger partial charge < -0.3 is 10.2 Å². The number of allylic oxidation sites excluding steroid dienone is 2. The third kappa shape index (κ3) is 23.9. The van der Waals surface area contributed by atoms with E-state index in [9.17, 15) is 0 Å². The fourth-order valence-electron chi connectivity index (χ4n) is 3.38. The van der Waals surface area contributed by atoms with Crippen molar-refractivity contribution in [3.05, 3.63) is 12.2 Å². The lowest BCUT2D eigenvalue weighted by Gasteiger charge is -2.19. The van der Waals surface area contributed by atoms with Gasteiger partial charge in [0.15, 0.2) is 0 Å². The van der Waals surface area contributed by atoms with Crippen LogP contribution < -0.4 is 0 Å². The number of hydrogen-bond donors (Lipinski definition) is 2. The monoisotopic (exact) mass is 405 g/mol. The van der Waals surface area contributed by atoms with Gasteiger partial charge in [-0.05, 0) is 38.6 Å². The third-order valence-electron chi connectivity index (χ3n) is 5.07. The van der Waals surface area contributed by atoms with Gasteiger partial charge in [-0.25, -0.2) is 0 Å². The first-order valence-electron chi connectivity index (χ1n) is 11.4. The number of aliphatic hydroxyl groups excluding tert-OH is 2. The molecule has 0 spiro atoms. The average molecular weight is 406 g/mol. The zero-order chi connectivity index (χ0) is 19.1. The van der Waals surface area contributed by atoms with E-state index in [-0.39, 0.29) is 25.6 Å². The molecular formula is C23H48ClNO2. The predicted molar refractivity (Wildman–Crippen MR) is 122 cm³/mol. The molecule has 2 N–H and O–H groups in total. The maximum absolute atomic E-state index is 8.98. The minimum absolute atomic E-state index is 0. The molecule has 0 radical (unpaired) electrons. The van der Waals surface area contributed by atoms with Crippen molar-refractivity contribution in [1.29, 1.82) is 0 Å². The van der Waals surface area contributed by atoms with E-state index in [0.29, 0.717) is 13.1 Å². The van der Waals surface area contributed by atoms with Crippen molar-refractivity contribution >= 4 is 12.4 Å². The SMILES string of the molecule is CCCCCCCCCC=CCCCCCCCCN(CCO)CCO.Cl.